The summed E-state index contributed by atoms with van der Waals surface area (Å²) < 4.78 is 41.5. The van der Waals surface area contributed by atoms with Crippen molar-refractivity contribution in [2.24, 2.45) is 0 Å². The summed E-state index contributed by atoms with van der Waals surface area (Å²) >= 11 is 0. The molecule has 0 aromatic heterocycles. The zero-order valence-electron chi connectivity index (χ0n) is 9.63. The molecule has 1 aromatic rings. The second kappa shape index (κ2) is 5.06. The van der Waals surface area contributed by atoms with Gasteiger partial charge >= 0.3 is 6.18 Å². The molecule has 0 fully saturated rings. The normalized spacial score (nSPS) is 16.7. The smallest absolute Gasteiger partial charge is 0.417 e. The van der Waals surface area contributed by atoms with E-state index in [0.29, 0.717) is 5.75 Å². The Morgan fingerprint density at radius 3 is 2.89 bits per heavy atom. The summed E-state index contributed by atoms with van der Waals surface area (Å²) in [6.45, 7) is -0.0170. The highest BCUT2D eigenvalue weighted by atomic mass is 19.4. The number of hydrogen-bond donors (Lipinski definition) is 2. The van der Waals surface area contributed by atoms with Crippen molar-refractivity contribution >= 4 is 5.69 Å². The Balaban J connectivity index is 2.06. The molecule has 0 bridgehead atoms. The predicted octanol–water partition coefficient (Wildman–Crippen LogP) is 2.35. The second-order valence-corrected chi connectivity index (χ2v) is 4.19. The van der Waals surface area contributed by atoms with Gasteiger partial charge in [0.25, 0.3) is 0 Å². The molecular formula is C12H14F3NO2. The van der Waals surface area contributed by atoms with Crippen molar-refractivity contribution in [3.05, 3.63) is 23.8 Å². The first-order valence-corrected chi connectivity index (χ1v) is 5.72. The maximum atomic E-state index is 12.1. The molecule has 3 nitrogen and oxygen atoms in total. The fourth-order valence-corrected chi connectivity index (χ4v) is 1.86. The Kier molecular flexibility index (Phi) is 3.65. The van der Waals surface area contributed by atoms with E-state index in [1.807, 2.05) is 6.07 Å². The van der Waals surface area contributed by atoms with Crippen LogP contribution >= 0.6 is 0 Å². The number of anilines is 1. The average Bonchev–Trinajstić information content (AvgIpc) is 2.34. The first kappa shape index (κ1) is 13.0. The lowest BCUT2D eigenvalue weighted by Gasteiger charge is -2.22. The van der Waals surface area contributed by atoms with E-state index in [2.05, 4.69) is 5.32 Å². The molecule has 1 aliphatic heterocycles. The van der Waals surface area contributed by atoms with Crippen molar-refractivity contribution in [2.45, 2.75) is 25.1 Å². The zero-order valence-corrected chi connectivity index (χ0v) is 9.63. The Labute approximate surface area is 103 Å². The van der Waals surface area contributed by atoms with Crippen molar-refractivity contribution in [3.63, 3.8) is 0 Å². The van der Waals surface area contributed by atoms with Gasteiger partial charge in [0, 0.05) is 6.54 Å². The standard InChI is InChI=1S/C12H14F3NO2/c13-12(14,15)10(17)7-18-9-5-1-3-8-4-2-6-16-11(8)9/h1,3,5,10,16-17H,2,4,6-7H2. The van der Waals surface area contributed by atoms with Crippen LogP contribution in [0.15, 0.2) is 18.2 Å². The Hall–Kier alpha value is -1.43. The summed E-state index contributed by atoms with van der Waals surface area (Å²) in [5.74, 6) is 0.357. The minimum atomic E-state index is -4.65. The summed E-state index contributed by atoms with van der Waals surface area (Å²) in [7, 11) is 0. The van der Waals surface area contributed by atoms with E-state index in [1.165, 1.54) is 0 Å². The summed E-state index contributed by atoms with van der Waals surface area (Å²) in [4.78, 5) is 0. The summed E-state index contributed by atoms with van der Waals surface area (Å²) in [5, 5.41) is 12.0. The number of alkyl halides is 3. The third-order valence-corrected chi connectivity index (χ3v) is 2.81. The van der Waals surface area contributed by atoms with Crippen LogP contribution in [0.4, 0.5) is 18.9 Å². The van der Waals surface area contributed by atoms with Crippen LogP contribution in [0.25, 0.3) is 0 Å². The van der Waals surface area contributed by atoms with Crippen LogP contribution in [0.1, 0.15) is 12.0 Å². The maximum Gasteiger partial charge on any atom is 0.417 e. The monoisotopic (exact) mass is 261 g/mol. The Bertz CT molecular complexity index is 420. The molecule has 0 amide bonds. The Morgan fingerprint density at radius 2 is 2.17 bits per heavy atom. The molecule has 1 aromatic carbocycles. The van der Waals surface area contributed by atoms with E-state index in [-0.39, 0.29) is 0 Å². The van der Waals surface area contributed by atoms with Crippen LogP contribution in [0, 0.1) is 0 Å². The highest BCUT2D eigenvalue weighted by molar-refractivity contribution is 5.63. The molecule has 0 saturated carbocycles. The van der Waals surface area contributed by atoms with Gasteiger partial charge in [-0.15, -0.1) is 0 Å². The molecule has 1 heterocycles. The third kappa shape index (κ3) is 2.87. The highest BCUT2D eigenvalue weighted by Crippen LogP contribution is 2.32. The largest absolute Gasteiger partial charge is 0.488 e. The topological polar surface area (TPSA) is 41.5 Å². The van der Waals surface area contributed by atoms with Gasteiger partial charge in [-0.25, -0.2) is 0 Å². The third-order valence-electron chi connectivity index (χ3n) is 2.81. The minimum Gasteiger partial charge on any atom is -0.488 e. The molecule has 18 heavy (non-hydrogen) atoms. The predicted molar refractivity (Wildman–Crippen MR) is 60.8 cm³/mol. The molecule has 0 saturated heterocycles. The number of nitrogens with one attached hydrogen (secondary N) is 1. The van der Waals surface area contributed by atoms with Gasteiger partial charge < -0.3 is 15.2 Å². The fraction of sp³-hybridized carbons (Fsp3) is 0.500. The van der Waals surface area contributed by atoms with Crippen molar-refractivity contribution in [1.29, 1.82) is 0 Å². The van der Waals surface area contributed by atoms with Gasteiger partial charge in [-0.3, -0.25) is 0 Å². The van der Waals surface area contributed by atoms with E-state index in [1.54, 1.807) is 12.1 Å². The number of fused-ring (bicyclic) bond motifs is 1. The van der Waals surface area contributed by atoms with Gasteiger partial charge in [0.15, 0.2) is 6.10 Å². The van der Waals surface area contributed by atoms with Gasteiger partial charge in [0.2, 0.25) is 0 Å². The lowest BCUT2D eigenvalue weighted by Crippen LogP contribution is -2.34. The number of para-hydroxylation sites is 1. The average molecular weight is 261 g/mol. The number of rotatable bonds is 3. The van der Waals surface area contributed by atoms with Crippen LogP contribution in [-0.2, 0) is 6.42 Å². The van der Waals surface area contributed by atoms with Crippen molar-refractivity contribution in [1.82, 2.24) is 0 Å². The van der Waals surface area contributed by atoms with Gasteiger partial charge in [-0.2, -0.15) is 13.2 Å². The first-order valence-electron chi connectivity index (χ1n) is 5.72. The number of hydrogen-bond acceptors (Lipinski definition) is 3. The minimum absolute atomic E-state index is 0.357. The molecule has 0 radical (unpaired) electrons. The molecule has 100 valence electrons. The van der Waals surface area contributed by atoms with Crippen molar-refractivity contribution in [3.8, 4) is 5.75 Å². The van der Waals surface area contributed by atoms with Crippen LogP contribution < -0.4 is 10.1 Å². The molecular weight excluding hydrogens is 247 g/mol. The maximum absolute atomic E-state index is 12.1. The molecule has 1 unspecified atom stereocenters. The second-order valence-electron chi connectivity index (χ2n) is 4.19. The number of aliphatic hydroxyl groups excluding tert-OH is 1. The van der Waals surface area contributed by atoms with Gasteiger partial charge in [0.1, 0.15) is 12.4 Å². The number of ether oxygens (including phenoxy) is 1. The van der Waals surface area contributed by atoms with E-state index in [4.69, 9.17) is 9.84 Å². The van der Waals surface area contributed by atoms with Gasteiger partial charge in [-0.05, 0) is 24.5 Å². The molecule has 0 aliphatic carbocycles. The van der Waals surface area contributed by atoms with Gasteiger partial charge in [0.05, 0.1) is 5.69 Å². The number of benzene rings is 1. The molecule has 1 atom stereocenters. The fourth-order valence-electron chi connectivity index (χ4n) is 1.86. The highest BCUT2D eigenvalue weighted by Gasteiger charge is 2.38. The SMILES string of the molecule is OC(COc1cccc2c1NCCC2)C(F)(F)F. The Morgan fingerprint density at radius 1 is 1.39 bits per heavy atom. The van der Waals surface area contributed by atoms with Crippen molar-refractivity contribution in [2.75, 3.05) is 18.5 Å². The van der Waals surface area contributed by atoms with E-state index >= 15 is 0 Å². The lowest BCUT2D eigenvalue weighted by atomic mass is 10.0. The number of aryl methyl sites for hydroxylation is 1. The molecule has 2 N–H and O–H groups in total. The van der Waals surface area contributed by atoms with Crippen molar-refractivity contribution < 1.29 is 23.0 Å². The zero-order chi connectivity index (χ0) is 13.2. The van der Waals surface area contributed by atoms with Crippen LogP contribution in [-0.4, -0.2) is 30.5 Å². The summed E-state index contributed by atoms with van der Waals surface area (Å²) in [6.07, 6.45) is -5.25. The quantitative estimate of drug-likeness (QED) is 0.877. The van der Waals surface area contributed by atoms with Gasteiger partial charge in [-0.1, -0.05) is 12.1 Å². The number of aliphatic hydroxyl groups is 1. The van der Waals surface area contributed by atoms with E-state index in [0.717, 1.165) is 30.6 Å². The van der Waals surface area contributed by atoms with Crippen LogP contribution in [0.5, 0.6) is 5.75 Å². The molecule has 1 aliphatic rings. The summed E-state index contributed by atoms with van der Waals surface area (Å²) in [5.41, 5.74) is 1.76. The molecule has 0 spiro atoms. The first-order chi connectivity index (χ1) is 8.48. The molecule has 6 heteroatoms. The lowest BCUT2D eigenvalue weighted by molar-refractivity contribution is -0.210. The van der Waals surface area contributed by atoms with Crippen LogP contribution in [0.2, 0.25) is 0 Å². The molecule has 2 rings (SSSR count). The summed E-state index contributed by atoms with van der Waals surface area (Å²) in [6, 6.07) is 5.25. The van der Waals surface area contributed by atoms with E-state index < -0.39 is 18.9 Å². The van der Waals surface area contributed by atoms with Crippen LogP contribution in [0.3, 0.4) is 0 Å². The van der Waals surface area contributed by atoms with E-state index in [9.17, 15) is 13.2 Å². The number of halogens is 3.